The lowest BCUT2D eigenvalue weighted by atomic mass is 10.1. The van der Waals surface area contributed by atoms with E-state index in [1.807, 2.05) is 31.2 Å². The van der Waals surface area contributed by atoms with Gasteiger partial charge in [0.15, 0.2) is 0 Å². The van der Waals surface area contributed by atoms with Crippen molar-refractivity contribution < 1.29 is 22.8 Å². The molecule has 150 valence electrons. The van der Waals surface area contributed by atoms with Crippen LogP contribution < -0.4 is 5.32 Å². The van der Waals surface area contributed by atoms with Gasteiger partial charge in [0.25, 0.3) is 0 Å². The smallest absolute Gasteiger partial charge is 0.331 e. The molecule has 0 aromatic heterocycles. The first kappa shape index (κ1) is 21.5. The van der Waals surface area contributed by atoms with E-state index >= 15 is 0 Å². The van der Waals surface area contributed by atoms with Crippen LogP contribution in [0, 0.1) is 6.92 Å². The Morgan fingerprint density at radius 1 is 1.04 bits per heavy atom. The summed E-state index contributed by atoms with van der Waals surface area (Å²) in [6.07, 6.45) is -4.02. The monoisotopic (exact) mass is 392 g/mol. The Kier molecular flexibility index (Phi) is 7.20. The number of nitrogens with zero attached hydrogens (tertiary/aromatic N) is 1. The molecule has 0 spiro atoms. The number of hydrogen-bond acceptors (Lipinski definition) is 2. The molecule has 0 bridgehead atoms. The van der Waals surface area contributed by atoms with Crippen molar-refractivity contribution in [2.24, 2.45) is 0 Å². The number of nitrogens with one attached hydrogen (secondary N) is 1. The van der Waals surface area contributed by atoms with E-state index in [0.717, 1.165) is 16.0 Å². The van der Waals surface area contributed by atoms with Crippen molar-refractivity contribution in [3.8, 4) is 0 Å². The topological polar surface area (TPSA) is 49.4 Å². The maximum atomic E-state index is 12.6. The van der Waals surface area contributed by atoms with Crippen molar-refractivity contribution in [1.29, 1.82) is 0 Å². The zero-order valence-corrected chi connectivity index (χ0v) is 15.8. The molecule has 0 radical (unpaired) electrons. The number of rotatable bonds is 7. The lowest BCUT2D eigenvalue weighted by molar-refractivity contribution is -0.185. The first-order chi connectivity index (χ1) is 13.2. The summed E-state index contributed by atoms with van der Waals surface area (Å²) in [5, 5.41) is 2.75. The van der Waals surface area contributed by atoms with E-state index in [0.29, 0.717) is 24.1 Å². The van der Waals surface area contributed by atoms with E-state index in [9.17, 15) is 22.8 Å². The molecule has 0 atom stereocenters. The number of hydrogen-bond donors (Lipinski definition) is 1. The molecule has 0 aliphatic carbocycles. The van der Waals surface area contributed by atoms with Crippen molar-refractivity contribution >= 4 is 17.5 Å². The van der Waals surface area contributed by atoms with E-state index in [1.165, 1.54) is 6.92 Å². The van der Waals surface area contributed by atoms with Gasteiger partial charge in [-0.15, -0.1) is 0 Å². The molecule has 4 nitrogen and oxygen atoms in total. The number of anilines is 1. The third kappa shape index (κ3) is 6.40. The van der Waals surface area contributed by atoms with Crippen LogP contribution in [0.2, 0.25) is 0 Å². The van der Waals surface area contributed by atoms with Crippen LogP contribution in [0.1, 0.15) is 30.0 Å². The molecule has 1 N–H and O–H groups in total. The quantitative estimate of drug-likeness (QED) is 0.756. The van der Waals surface area contributed by atoms with Crippen molar-refractivity contribution in [1.82, 2.24) is 4.90 Å². The molecule has 2 aromatic rings. The highest BCUT2D eigenvalue weighted by Gasteiger charge is 2.41. The molecule has 0 aliphatic heterocycles. The lowest BCUT2D eigenvalue weighted by Gasteiger charge is -2.22. The van der Waals surface area contributed by atoms with Crippen LogP contribution in [0.25, 0.3) is 0 Å². The standard InChI is InChI=1S/C21H23F3N2O2/c1-3-26(20(28)21(22,23)24)14-17-8-5-9-18(13-17)25-19(27)11-10-16-7-4-6-15(2)12-16/h4-9,12-13H,3,10-11,14H2,1-2H3,(H,25,27). The first-order valence-corrected chi connectivity index (χ1v) is 8.99. The van der Waals surface area contributed by atoms with E-state index in [1.54, 1.807) is 24.3 Å². The molecule has 0 heterocycles. The van der Waals surface area contributed by atoms with Gasteiger partial charge in [-0.05, 0) is 43.5 Å². The summed E-state index contributed by atoms with van der Waals surface area (Å²) < 4.78 is 37.9. The van der Waals surface area contributed by atoms with E-state index in [4.69, 9.17) is 0 Å². The fraction of sp³-hybridized carbons (Fsp3) is 0.333. The predicted octanol–water partition coefficient (Wildman–Crippen LogP) is 4.48. The highest BCUT2D eigenvalue weighted by Crippen LogP contribution is 2.21. The van der Waals surface area contributed by atoms with Gasteiger partial charge < -0.3 is 10.2 Å². The number of halogens is 3. The normalized spacial score (nSPS) is 11.2. The maximum Gasteiger partial charge on any atom is 0.471 e. The molecular formula is C21H23F3N2O2. The number of aryl methyl sites for hydroxylation is 2. The van der Waals surface area contributed by atoms with Crippen LogP contribution in [-0.2, 0) is 22.6 Å². The highest BCUT2D eigenvalue weighted by atomic mass is 19.4. The highest BCUT2D eigenvalue weighted by molar-refractivity contribution is 5.91. The summed E-state index contributed by atoms with van der Waals surface area (Å²) in [5.74, 6) is -2.06. The lowest BCUT2D eigenvalue weighted by Crippen LogP contribution is -2.40. The van der Waals surface area contributed by atoms with Gasteiger partial charge in [0.1, 0.15) is 0 Å². The SMILES string of the molecule is CCN(Cc1cccc(NC(=O)CCc2cccc(C)c2)c1)C(=O)C(F)(F)F. The zero-order valence-electron chi connectivity index (χ0n) is 15.8. The van der Waals surface area contributed by atoms with Gasteiger partial charge in [-0.25, -0.2) is 0 Å². The molecule has 2 amide bonds. The average Bonchev–Trinajstić information content (AvgIpc) is 2.63. The molecule has 0 unspecified atom stereocenters. The minimum atomic E-state index is -4.91. The average molecular weight is 392 g/mol. The summed E-state index contributed by atoms with van der Waals surface area (Å²) in [6, 6.07) is 14.4. The summed E-state index contributed by atoms with van der Waals surface area (Å²) >= 11 is 0. The van der Waals surface area contributed by atoms with Crippen LogP contribution in [0.4, 0.5) is 18.9 Å². The van der Waals surface area contributed by atoms with Gasteiger partial charge in [-0.3, -0.25) is 9.59 Å². The molecule has 0 saturated carbocycles. The van der Waals surface area contributed by atoms with Crippen LogP contribution in [-0.4, -0.2) is 29.4 Å². The molecule has 2 aromatic carbocycles. The zero-order chi connectivity index (χ0) is 20.7. The van der Waals surface area contributed by atoms with E-state index in [2.05, 4.69) is 5.32 Å². The Morgan fingerprint density at radius 3 is 2.36 bits per heavy atom. The largest absolute Gasteiger partial charge is 0.471 e. The third-order valence-electron chi connectivity index (χ3n) is 4.22. The third-order valence-corrected chi connectivity index (χ3v) is 4.22. The Hall–Kier alpha value is -2.83. The minimum Gasteiger partial charge on any atom is -0.331 e. The van der Waals surface area contributed by atoms with Crippen molar-refractivity contribution in [2.75, 3.05) is 11.9 Å². The van der Waals surface area contributed by atoms with Gasteiger partial charge in [0.05, 0.1) is 0 Å². The molecule has 0 saturated heterocycles. The van der Waals surface area contributed by atoms with Gasteiger partial charge >= 0.3 is 12.1 Å². The number of benzene rings is 2. The van der Waals surface area contributed by atoms with Crippen molar-refractivity contribution in [2.45, 2.75) is 39.4 Å². The Bertz CT molecular complexity index is 834. The number of carbonyl (C=O) groups is 2. The molecule has 2 rings (SSSR count). The van der Waals surface area contributed by atoms with Gasteiger partial charge in [0.2, 0.25) is 5.91 Å². The van der Waals surface area contributed by atoms with Gasteiger partial charge in [-0.2, -0.15) is 13.2 Å². The second-order valence-electron chi connectivity index (χ2n) is 6.55. The summed E-state index contributed by atoms with van der Waals surface area (Å²) in [5.41, 5.74) is 3.19. The number of carbonyl (C=O) groups excluding carboxylic acids is 2. The summed E-state index contributed by atoms with van der Waals surface area (Å²) in [6.45, 7) is 3.23. The first-order valence-electron chi connectivity index (χ1n) is 8.99. The molecule has 28 heavy (non-hydrogen) atoms. The Labute approximate surface area is 162 Å². The van der Waals surface area contributed by atoms with E-state index in [-0.39, 0.29) is 19.0 Å². The number of amides is 2. The van der Waals surface area contributed by atoms with E-state index < -0.39 is 12.1 Å². The molecule has 0 fully saturated rings. The fourth-order valence-electron chi connectivity index (χ4n) is 2.82. The molecular weight excluding hydrogens is 369 g/mol. The second kappa shape index (κ2) is 9.39. The Morgan fingerprint density at radius 2 is 1.71 bits per heavy atom. The maximum absolute atomic E-state index is 12.6. The second-order valence-corrected chi connectivity index (χ2v) is 6.55. The van der Waals surface area contributed by atoms with Gasteiger partial charge in [-0.1, -0.05) is 42.0 Å². The number of alkyl halides is 3. The molecule has 7 heteroatoms. The van der Waals surface area contributed by atoms with Crippen LogP contribution in [0.3, 0.4) is 0 Å². The fourth-order valence-corrected chi connectivity index (χ4v) is 2.82. The summed E-state index contributed by atoms with van der Waals surface area (Å²) in [7, 11) is 0. The van der Waals surface area contributed by atoms with Crippen molar-refractivity contribution in [3.63, 3.8) is 0 Å². The van der Waals surface area contributed by atoms with Crippen LogP contribution in [0.5, 0.6) is 0 Å². The molecule has 0 aliphatic rings. The van der Waals surface area contributed by atoms with Crippen LogP contribution >= 0.6 is 0 Å². The predicted molar refractivity (Wildman–Crippen MR) is 102 cm³/mol. The Balaban J connectivity index is 1.96. The minimum absolute atomic E-state index is 0.0641. The summed E-state index contributed by atoms with van der Waals surface area (Å²) in [4.78, 5) is 24.3. The van der Waals surface area contributed by atoms with Crippen LogP contribution in [0.15, 0.2) is 48.5 Å². The van der Waals surface area contributed by atoms with Gasteiger partial charge in [0, 0.05) is 25.2 Å². The van der Waals surface area contributed by atoms with Crippen molar-refractivity contribution in [3.05, 3.63) is 65.2 Å².